The van der Waals surface area contributed by atoms with Gasteiger partial charge < -0.3 is 14.3 Å². The molecule has 0 saturated heterocycles. The summed E-state index contributed by atoms with van der Waals surface area (Å²) in [5.74, 6) is -0.664. The third kappa shape index (κ3) is 5.59. The SMILES string of the molecule is CC[Si](CC)(CC)O[C@@H](C)[C@@H](NS(=O)(=O)c1c(C)cc(OC)c(C)c1C)C(=O)O. The topological polar surface area (TPSA) is 102 Å². The highest BCUT2D eigenvalue weighted by molar-refractivity contribution is 7.89. The lowest BCUT2D eigenvalue weighted by molar-refractivity contribution is -0.141. The van der Waals surface area contributed by atoms with Gasteiger partial charge in [0.05, 0.1) is 18.1 Å². The van der Waals surface area contributed by atoms with E-state index in [1.807, 2.05) is 20.8 Å². The molecule has 0 aliphatic heterocycles. The molecule has 2 N–H and O–H groups in total. The van der Waals surface area contributed by atoms with Crippen LogP contribution in [0.3, 0.4) is 0 Å². The molecule has 0 aliphatic carbocycles. The van der Waals surface area contributed by atoms with Crippen molar-refractivity contribution in [2.45, 2.75) is 83.6 Å². The van der Waals surface area contributed by atoms with Crippen LogP contribution in [0.4, 0.5) is 0 Å². The van der Waals surface area contributed by atoms with E-state index in [-0.39, 0.29) is 4.90 Å². The molecular formula is C20H35NO6SSi. The number of benzene rings is 1. The van der Waals surface area contributed by atoms with Gasteiger partial charge in [-0.15, -0.1) is 0 Å². The highest BCUT2D eigenvalue weighted by atomic mass is 32.2. The van der Waals surface area contributed by atoms with E-state index in [9.17, 15) is 18.3 Å². The molecule has 1 rings (SSSR count). The fraction of sp³-hybridized carbons (Fsp3) is 0.650. The maximum atomic E-state index is 13.2. The number of carboxylic acids is 1. The predicted octanol–water partition coefficient (Wildman–Crippen LogP) is 3.76. The summed E-state index contributed by atoms with van der Waals surface area (Å²) >= 11 is 0. The predicted molar refractivity (Wildman–Crippen MR) is 117 cm³/mol. The highest BCUT2D eigenvalue weighted by Gasteiger charge is 2.38. The van der Waals surface area contributed by atoms with E-state index >= 15 is 0 Å². The minimum absolute atomic E-state index is 0.0826. The largest absolute Gasteiger partial charge is 0.496 e. The number of nitrogens with one attached hydrogen (secondary N) is 1. The minimum atomic E-state index is -4.09. The summed E-state index contributed by atoms with van der Waals surface area (Å²) in [7, 11) is -4.66. The van der Waals surface area contributed by atoms with Gasteiger partial charge >= 0.3 is 5.97 Å². The second-order valence-electron chi connectivity index (χ2n) is 7.48. The second-order valence-corrected chi connectivity index (χ2v) is 13.9. The maximum Gasteiger partial charge on any atom is 0.324 e. The van der Waals surface area contributed by atoms with Crippen LogP contribution in [-0.4, -0.2) is 47.1 Å². The molecule has 7 nitrogen and oxygen atoms in total. The molecule has 0 spiro atoms. The molecule has 0 aromatic heterocycles. The van der Waals surface area contributed by atoms with Crippen LogP contribution in [0.15, 0.2) is 11.0 Å². The Balaban J connectivity index is 3.32. The molecule has 0 amide bonds. The number of carboxylic acid groups (broad SMARTS) is 1. The van der Waals surface area contributed by atoms with Gasteiger partial charge in [0.15, 0.2) is 8.32 Å². The van der Waals surface area contributed by atoms with Gasteiger partial charge in [0.2, 0.25) is 10.0 Å². The summed E-state index contributed by atoms with van der Waals surface area (Å²) in [5, 5.41) is 9.73. The Labute approximate surface area is 176 Å². The lowest BCUT2D eigenvalue weighted by atomic mass is 10.1. The van der Waals surface area contributed by atoms with E-state index in [0.29, 0.717) is 22.4 Å². The van der Waals surface area contributed by atoms with Crippen molar-refractivity contribution in [2.75, 3.05) is 7.11 Å². The highest BCUT2D eigenvalue weighted by Crippen LogP contribution is 2.31. The number of aliphatic carboxylic acids is 1. The maximum absolute atomic E-state index is 13.2. The normalized spacial score (nSPS) is 14.5. The molecule has 1 aromatic carbocycles. The average Bonchev–Trinajstić information content (AvgIpc) is 2.66. The van der Waals surface area contributed by atoms with Crippen molar-refractivity contribution in [1.82, 2.24) is 4.72 Å². The van der Waals surface area contributed by atoms with Crippen LogP contribution in [0.5, 0.6) is 5.75 Å². The molecule has 2 atom stereocenters. The Morgan fingerprint density at radius 1 is 1.14 bits per heavy atom. The standard InChI is InChI=1S/C20H35NO6SSi/c1-9-29(10-2,11-3)27-16(7)18(20(22)23)21-28(24,25)19-13(4)12-17(26-8)14(5)15(19)6/h12,16,18,21H,9-11H2,1-8H3,(H,22,23)/t16-,18+/m0/s1. The first-order valence-electron chi connectivity index (χ1n) is 9.97. The van der Waals surface area contributed by atoms with Crippen LogP contribution in [0, 0.1) is 20.8 Å². The van der Waals surface area contributed by atoms with E-state index < -0.39 is 36.5 Å². The zero-order chi connectivity index (χ0) is 22.6. The number of hydrogen-bond donors (Lipinski definition) is 2. The summed E-state index contributed by atoms with van der Waals surface area (Å²) < 4.78 is 40.2. The molecule has 0 unspecified atom stereocenters. The van der Waals surface area contributed by atoms with Gasteiger partial charge in [0.25, 0.3) is 0 Å². The van der Waals surface area contributed by atoms with Gasteiger partial charge in [0.1, 0.15) is 11.8 Å². The van der Waals surface area contributed by atoms with Crippen molar-refractivity contribution in [2.24, 2.45) is 0 Å². The van der Waals surface area contributed by atoms with E-state index in [1.165, 1.54) is 7.11 Å². The number of aryl methyl sites for hydroxylation is 1. The van der Waals surface area contributed by atoms with Crippen LogP contribution in [0.2, 0.25) is 18.1 Å². The number of methoxy groups -OCH3 is 1. The van der Waals surface area contributed by atoms with Gasteiger partial charge in [-0.3, -0.25) is 4.79 Å². The first kappa shape index (κ1) is 25.6. The summed E-state index contributed by atoms with van der Waals surface area (Å²) in [5.41, 5.74) is 1.73. The van der Waals surface area contributed by atoms with Gasteiger partial charge in [-0.25, -0.2) is 8.42 Å². The quantitative estimate of drug-likeness (QED) is 0.503. The summed E-state index contributed by atoms with van der Waals surface area (Å²) in [6, 6.07) is 2.81. The Kier molecular flexibility index (Phi) is 8.88. The first-order chi connectivity index (χ1) is 13.4. The minimum Gasteiger partial charge on any atom is -0.496 e. The van der Waals surface area contributed by atoms with Crippen molar-refractivity contribution < 1.29 is 27.5 Å². The molecule has 0 saturated carbocycles. The number of ether oxygens (including phenoxy) is 1. The zero-order valence-corrected chi connectivity index (χ0v) is 20.6. The Hall–Kier alpha value is -1.42. The third-order valence-corrected chi connectivity index (χ3v) is 12.3. The lowest BCUT2D eigenvalue weighted by Gasteiger charge is -2.34. The van der Waals surface area contributed by atoms with Crippen LogP contribution < -0.4 is 9.46 Å². The fourth-order valence-corrected chi connectivity index (χ4v) is 8.39. The van der Waals surface area contributed by atoms with Gasteiger partial charge in [-0.05, 0) is 68.6 Å². The number of carbonyl (C=O) groups is 1. The number of sulfonamides is 1. The average molecular weight is 446 g/mol. The van der Waals surface area contributed by atoms with Crippen LogP contribution >= 0.6 is 0 Å². The van der Waals surface area contributed by atoms with Crippen LogP contribution in [-0.2, 0) is 19.2 Å². The Bertz CT molecular complexity index is 828. The van der Waals surface area contributed by atoms with Gasteiger partial charge in [-0.1, -0.05) is 20.8 Å². The monoisotopic (exact) mass is 445 g/mol. The smallest absolute Gasteiger partial charge is 0.324 e. The summed E-state index contributed by atoms with van der Waals surface area (Å²) in [4.78, 5) is 12.0. The molecular weight excluding hydrogens is 410 g/mol. The number of hydrogen-bond acceptors (Lipinski definition) is 5. The second kappa shape index (κ2) is 10.1. The van der Waals surface area contributed by atoms with Gasteiger partial charge in [0, 0.05) is 0 Å². The molecule has 0 fully saturated rings. The molecule has 0 radical (unpaired) electrons. The summed E-state index contributed by atoms with van der Waals surface area (Å²) in [6.45, 7) is 12.9. The molecule has 0 aliphatic rings. The van der Waals surface area contributed by atoms with Crippen molar-refractivity contribution in [3.05, 3.63) is 22.8 Å². The lowest BCUT2D eigenvalue weighted by Crippen LogP contribution is -2.52. The van der Waals surface area contributed by atoms with Crippen molar-refractivity contribution in [3.63, 3.8) is 0 Å². The Morgan fingerprint density at radius 3 is 2.07 bits per heavy atom. The van der Waals surface area contributed by atoms with Crippen molar-refractivity contribution >= 4 is 24.3 Å². The molecule has 0 bridgehead atoms. The molecule has 29 heavy (non-hydrogen) atoms. The molecule has 1 aromatic rings. The third-order valence-electron chi connectivity index (χ3n) is 5.85. The van der Waals surface area contributed by atoms with Crippen LogP contribution in [0.25, 0.3) is 0 Å². The van der Waals surface area contributed by atoms with Crippen molar-refractivity contribution in [3.8, 4) is 5.75 Å². The number of rotatable bonds is 11. The van der Waals surface area contributed by atoms with E-state index in [2.05, 4.69) is 4.72 Å². The van der Waals surface area contributed by atoms with E-state index in [0.717, 1.165) is 18.1 Å². The summed E-state index contributed by atoms with van der Waals surface area (Å²) in [6.07, 6.45) is -0.784. The zero-order valence-electron chi connectivity index (χ0n) is 18.8. The fourth-order valence-electron chi connectivity index (χ4n) is 3.68. The van der Waals surface area contributed by atoms with Crippen molar-refractivity contribution in [1.29, 1.82) is 0 Å². The van der Waals surface area contributed by atoms with Crippen LogP contribution in [0.1, 0.15) is 44.4 Å². The molecule has 166 valence electrons. The van der Waals surface area contributed by atoms with Gasteiger partial charge in [-0.2, -0.15) is 4.72 Å². The van der Waals surface area contributed by atoms with E-state index in [1.54, 1.807) is 33.8 Å². The molecule has 9 heteroatoms. The first-order valence-corrected chi connectivity index (χ1v) is 14.0. The van der Waals surface area contributed by atoms with E-state index in [4.69, 9.17) is 9.16 Å². The molecule has 0 heterocycles. The Morgan fingerprint density at radius 2 is 1.66 bits per heavy atom.